The average molecular weight is 459 g/mol. The quantitative estimate of drug-likeness (QED) is 0.374. The van der Waals surface area contributed by atoms with Crippen LogP contribution < -0.4 is 11.1 Å². The molecule has 1 fully saturated rings. The molecular formula is C19H34IN5. The van der Waals surface area contributed by atoms with Crippen LogP contribution in [-0.2, 0) is 6.42 Å². The van der Waals surface area contributed by atoms with Crippen LogP contribution in [0.3, 0.4) is 0 Å². The molecule has 142 valence electrons. The number of anilines is 1. The van der Waals surface area contributed by atoms with Crippen LogP contribution in [0.15, 0.2) is 29.3 Å². The van der Waals surface area contributed by atoms with Gasteiger partial charge in [-0.25, -0.2) is 0 Å². The van der Waals surface area contributed by atoms with Gasteiger partial charge in [0.05, 0.1) is 0 Å². The summed E-state index contributed by atoms with van der Waals surface area (Å²) in [6.45, 7) is 14.4. The summed E-state index contributed by atoms with van der Waals surface area (Å²) in [6.07, 6.45) is 1.05. The Morgan fingerprint density at radius 1 is 1.12 bits per heavy atom. The van der Waals surface area contributed by atoms with E-state index in [4.69, 9.17) is 5.73 Å². The molecule has 0 saturated carbocycles. The number of likely N-dealkylation sites (N-methyl/N-ethyl adjacent to an activating group) is 1. The number of benzene rings is 1. The van der Waals surface area contributed by atoms with E-state index in [1.165, 1.54) is 31.7 Å². The number of piperazine rings is 1. The number of guanidine groups is 1. The van der Waals surface area contributed by atoms with Gasteiger partial charge in [0, 0.05) is 45.0 Å². The van der Waals surface area contributed by atoms with Crippen molar-refractivity contribution in [1.82, 2.24) is 9.80 Å². The molecule has 1 aromatic carbocycles. The van der Waals surface area contributed by atoms with E-state index in [-0.39, 0.29) is 24.0 Å². The predicted octanol–water partition coefficient (Wildman–Crippen LogP) is 2.87. The monoisotopic (exact) mass is 459 g/mol. The number of rotatable bonds is 7. The van der Waals surface area contributed by atoms with Crippen LogP contribution in [0.4, 0.5) is 5.69 Å². The minimum absolute atomic E-state index is 0. The third-order valence-electron chi connectivity index (χ3n) is 4.69. The highest BCUT2D eigenvalue weighted by atomic mass is 127. The Labute approximate surface area is 170 Å². The summed E-state index contributed by atoms with van der Waals surface area (Å²) < 4.78 is 0. The molecule has 0 spiro atoms. The van der Waals surface area contributed by atoms with E-state index in [1.54, 1.807) is 0 Å². The number of hydrogen-bond donors (Lipinski definition) is 2. The summed E-state index contributed by atoms with van der Waals surface area (Å²) in [7, 11) is 0. The smallest absolute Gasteiger partial charge is 0.193 e. The van der Waals surface area contributed by atoms with Crippen LogP contribution in [-0.4, -0.2) is 61.6 Å². The zero-order valence-corrected chi connectivity index (χ0v) is 18.2. The molecule has 0 bridgehead atoms. The molecule has 1 heterocycles. The zero-order chi connectivity index (χ0) is 17.4. The molecule has 3 N–H and O–H groups in total. The first-order valence-electron chi connectivity index (χ1n) is 9.21. The molecular weight excluding hydrogens is 425 g/mol. The third-order valence-corrected chi connectivity index (χ3v) is 4.69. The van der Waals surface area contributed by atoms with Crippen LogP contribution in [0, 0.1) is 5.92 Å². The molecule has 0 radical (unpaired) electrons. The summed E-state index contributed by atoms with van der Waals surface area (Å²) in [6, 6.07) is 8.35. The van der Waals surface area contributed by atoms with Gasteiger partial charge in [-0.1, -0.05) is 32.9 Å². The van der Waals surface area contributed by atoms with Crippen molar-refractivity contribution >= 4 is 35.6 Å². The lowest BCUT2D eigenvalue weighted by Gasteiger charge is -2.35. The number of hydrogen-bond acceptors (Lipinski definition) is 3. The van der Waals surface area contributed by atoms with Crippen molar-refractivity contribution in [2.24, 2.45) is 16.6 Å². The Morgan fingerprint density at radius 2 is 1.72 bits per heavy atom. The van der Waals surface area contributed by atoms with E-state index in [2.05, 4.69) is 65.1 Å². The fourth-order valence-electron chi connectivity index (χ4n) is 3.05. The van der Waals surface area contributed by atoms with Crippen LogP contribution in [0.2, 0.25) is 0 Å². The van der Waals surface area contributed by atoms with Crippen molar-refractivity contribution in [3.63, 3.8) is 0 Å². The molecule has 1 aliphatic heterocycles. The van der Waals surface area contributed by atoms with Crippen molar-refractivity contribution in [3.05, 3.63) is 29.8 Å². The molecule has 1 saturated heterocycles. The van der Waals surface area contributed by atoms with Gasteiger partial charge in [-0.05, 0) is 36.6 Å². The third kappa shape index (κ3) is 7.92. The summed E-state index contributed by atoms with van der Waals surface area (Å²) >= 11 is 0. The van der Waals surface area contributed by atoms with Gasteiger partial charge >= 0.3 is 0 Å². The molecule has 0 aromatic heterocycles. The lowest BCUT2D eigenvalue weighted by Crippen LogP contribution is -2.47. The standard InChI is InChI=1S/C19H33N5.HI/c1-4-17-6-8-18(9-7-17)22-19(20)21-14-16(3)15-24-12-10-23(5-2)11-13-24;/h6-9,16H,4-5,10-15H2,1-3H3,(H3,20,21,22);1H. The molecule has 1 atom stereocenters. The van der Waals surface area contributed by atoms with Crippen molar-refractivity contribution in [2.75, 3.05) is 51.1 Å². The molecule has 0 amide bonds. The van der Waals surface area contributed by atoms with Gasteiger partial charge in [0.15, 0.2) is 5.96 Å². The van der Waals surface area contributed by atoms with E-state index in [0.29, 0.717) is 11.9 Å². The minimum atomic E-state index is 0. The first kappa shape index (κ1) is 22.2. The van der Waals surface area contributed by atoms with Crippen LogP contribution >= 0.6 is 24.0 Å². The van der Waals surface area contributed by atoms with Gasteiger partial charge in [-0.15, -0.1) is 24.0 Å². The molecule has 1 unspecified atom stereocenters. The second-order valence-electron chi connectivity index (χ2n) is 6.74. The average Bonchev–Trinajstić information content (AvgIpc) is 2.61. The van der Waals surface area contributed by atoms with E-state index >= 15 is 0 Å². The molecule has 1 aliphatic rings. The van der Waals surface area contributed by atoms with Gasteiger partial charge < -0.3 is 20.9 Å². The molecule has 25 heavy (non-hydrogen) atoms. The van der Waals surface area contributed by atoms with Crippen molar-refractivity contribution < 1.29 is 0 Å². The predicted molar refractivity (Wildman–Crippen MR) is 119 cm³/mol. The number of aryl methyl sites for hydroxylation is 1. The molecule has 2 rings (SSSR count). The zero-order valence-electron chi connectivity index (χ0n) is 15.9. The van der Waals surface area contributed by atoms with Crippen LogP contribution in [0.5, 0.6) is 0 Å². The number of aliphatic imine (C=N–C) groups is 1. The van der Waals surface area contributed by atoms with Gasteiger partial charge in [0.25, 0.3) is 0 Å². The van der Waals surface area contributed by atoms with Gasteiger partial charge in [0.2, 0.25) is 0 Å². The van der Waals surface area contributed by atoms with Crippen molar-refractivity contribution in [2.45, 2.75) is 27.2 Å². The number of halogens is 1. The summed E-state index contributed by atoms with van der Waals surface area (Å²) in [5, 5.41) is 3.17. The number of nitrogens with one attached hydrogen (secondary N) is 1. The Morgan fingerprint density at radius 3 is 2.28 bits per heavy atom. The highest BCUT2D eigenvalue weighted by Crippen LogP contribution is 2.10. The fraction of sp³-hybridized carbons (Fsp3) is 0.632. The topological polar surface area (TPSA) is 56.9 Å². The fourth-order valence-corrected chi connectivity index (χ4v) is 3.05. The lowest BCUT2D eigenvalue weighted by molar-refractivity contribution is 0.125. The normalized spacial score (nSPS) is 17.8. The van der Waals surface area contributed by atoms with Gasteiger partial charge in [0.1, 0.15) is 0 Å². The molecule has 0 aliphatic carbocycles. The Bertz CT molecular complexity index is 509. The van der Waals surface area contributed by atoms with E-state index in [0.717, 1.165) is 31.7 Å². The first-order valence-corrected chi connectivity index (χ1v) is 9.21. The van der Waals surface area contributed by atoms with Crippen molar-refractivity contribution in [3.8, 4) is 0 Å². The molecule has 5 nitrogen and oxygen atoms in total. The number of nitrogens with zero attached hydrogens (tertiary/aromatic N) is 3. The maximum Gasteiger partial charge on any atom is 0.193 e. The van der Waals surface area contributed by atoms with Crippen LogP contribution in [0.25, 0.3) is 0 Å². The number of nitrogens with two attached hydrogens (primary N) is 1. The van der Waals surface area contributed by atoms with Gasteiger partial charge in [-0.2, -0.15) is 0 Å². The van der Waals surface area contributed by atoms with Crippen molar-refractivity contribution in [1.29, 1.82) is 0 Å². The minimum Gasteiger partial charge on any atom is -0.370 e. The van der Waals surface area contributed by atoms with Crippen LogP contribution in [0.1, 0.15) is 26.3 Å². The summed E-state index contributed by atoms with van der Waals surface area (Å²) in [4.78, 5) is 9.55. The van der Waals surface area contributed by atoms with E-state index < -0.39 is 0 Å². The maximum absolute atomic E-state index is 6.01. The second kappa shape index (κ2) is 11.7. The Balaban J connectivity index is 0.00000312. The summed E-state index contributed by atoms with van der Waals surface area (Å²) in [5.74, 6) is 1.02. The first-order chi connectivity index (χ1) is 11.6. The summed E-state index contributed by atoms with van der Waals surface area (Å²) in [5.41, 5.74) is 8.34. The highest BCUT2D eigenvalue weighted by molar-refractivity contribution is 14.0. The van der Waals surface area contributed by atoms with Gasteiger partial charge in [-0.3, -0.25) is 4.99 Å². The molecule has 6 heteroatoms. The lowest BCUT2D eigenvalue weighted by atomic mass is 10.1. The maximum atomic E-state index is 6.01. The molecule has 1 aromatic rings. The largest absolute Gasteiger partial charge is 0.370 e. The Hall–Kier alpha value is -0.860. The second-order valence-corrected chi connectivity index (χ2v) is 6.74. The highest BCUT2D eigenvalue weighted by Gasteiger charge is 2.17. The SMILES string of the molecule is CCc1ccc(NC(N)=NCC(C)CN2CCN(CC)CC2)cc1.I. The van der Waals surface area contributed by atoms with E-state index in [9.17, 15) is 0 Å². The Kier molecular flexibility index (Phi) is 10.4. The van der Waals surface area contributed by atoms with E-state index in [1.807, 2.05) is 0 Å².